The number of aromatic nitrogens is 1. The zero-order chi connectivity index (χ0) is 18.6. The number of benzene rings is 1. The summed E-state index contributed by atoms with van der Waals surface area (Å²) in [5, 5.41) is 1.29. The van der Waals surface area contributed by atoms with E-state index in [1.165, 1.54) is 68.1 Å². The van der Waals surface area contributed by atoms with Gasteiger partial charge < -0.3 is 9.88 Å². The first-order valence-corrected chi connectivity index (χ1v) is 10.8. The smallest absolute Gasteiger partial charge is 0.222 e. The third-order valence-corrected chi connectivity index (χ3v) is 6.71. The monoisotopic (exact) mass is 367 g/mol. The number of aryl methyl sites for hydroxylation is 1. The van der Waals surface area contributed by atoms with Crippen molar-refractivity contribution in [3.63, 3.8) is 0 Å². The maximum absolute atomic E-state index is 12.9. The predicted molar refractivity (Wildman–Crippen MR) is 111 cm³/mol. The summed E-state index contributed by atoms with van der Waals surface area (Å²) in [7, 11) is 2.05. The van der Waals surface area contributed by atoms with Crippen molar-refractivity contribution in [1.29, 1.82) is 0 Å². The number of nitrogens with one attached hydrogen (secondary N) is 1. The second kappa shape index (κ2) is 8.47. The fourth-order valence-corrected chi connectivity index (χ4v) is 5.17. The number of rotatable bonds is 6. The standard InChI is InChI=1S/C23H33N3O/c1-25(21-12-4-5-13-22(21)26-15-6-7-16-26)23(27)14-8-9-18-17-24-20-11-3-2-10-19(18)20/h2-3,10-11,17,21-22,24H,4-9,12-16H2,1H3. The second-order valence-corrected chi connectivity index (χ2v) is 8.38. The number of nitrogens with zero attached hydrogens (tertiary/aromatic N) is 2. The highest BCUT2D eigenvalue weighted by atomic mass is 16.2. The number of H-pyrrole nitrogens is 1. The summed E-state index contributed by atoms with van der Waals surface area (Å²) in [5.74, 6) is 0.325. The first kappa shape index (κ1) is 18.5. The van der Waals surface area contributed by atoms with E-state index in [0.29, 0.717) is 24.4 Å². The molecule has 0 radical (unpaired) electrons. The van der Waals surface area contributed by atoms with E-state index in [2.05, 4.69) is 45.2 Å². The minimum atomic E-state index is 0.325. The largest absolute Gasteiger partial charge is 0.361 e. The van der Waals surface area contributed by atoms with Crippen molar-refractivity contribution in [2.45, 2.75) is 69.9 Å². The Balaban J connectivity index is 1.33. The topological polar surface area (TPSA) is 39.3 Å². The Hall–Kier alpha value is -1.81. The zero-order valence-corrected chi connectivity index (χ0v) is 16.6. The van der Waals surface area contributed by atoms with E-state index in [-0.39, 0.29) is 0 Å². The highest BCUT2D eigenvalue weighted by molar-refractivity contribution is 5.83. The average Bonchev–Trinajstić information content (AvgIpc) is 3.38. The van der Waals surface area contributed by atoms with Crippen LogP contribution in [0.5, 0.6) is 0 Å². The normalized spacial score (nSPS) is 23.7. The Bertz CT molecular complexity index is 762. The van der Waals surface area contributed by atoms with Crippen LogP contribution in [0, 0.1) is 0 Å². The maximum Gasteiger partial charge on any atom is 0.222 e. The maximum atomic E-state index is 12.9. The van der Waals surface area contributed by atoms with Gasteiger partial charge in [-0.1, -0.05) is 31.0 Å². The van der Waals surface area contributed by atoms with Crippen molar-refractivity contribution in [1.82, 2.24) is 14.8 Å². The number of hydrogen-bond acceptors (Lipinski definition) is 2. The Morgan fingerprint density at radius 3 is 2.78 bits per heavy atom. The number of hydrogen-bond donors (Lipinski definition) is 1. The molecule has 1 saturated carbocycles. The van der Waals surface area contributed by atoms with Crippen LogP contribution in [-0.2, 0) is 11.2 Å². The lowest BCUT2D eigenvalue weighted by Gasteiger charge is -2.42. The first-order valence-electron chi connectivity index (χ1n) is 10.8. The van der Waals surface area contributed by atoms with E-state index in [0.717, 1.165) is 12.8 Å². The van der Waals surface area contributed by atoms with Gasteiger partial charge in [0.1, 0.15) is 0 Å². The van der Waals surface area contributed by atoms with E-state index >= 15 is 0 Å². The quantitative estimate of drug-likeness (QED) is 0.824. The molecule has 1 aromatic carbocycles. The number of para-hydroxylation sites is 1. The lowest BCUT2D eigenvalue weighted by atomic mass is 9.88. The molecular formula is C23H33N3O. The summed E-state index contributed by atoms with van der Waals surface area (Å²) in [6.45, 7) is 2.45. The number of carbonyl (C=O) groups excluding carboxylic acids is 1. The SMILES string of the molecule is CN(C(=O)CCCc1c[nH]c2ccccc12)C1CCCCC1N1CCCC1. The number of amides is 1. The fourth-order valence-electron chi connectivity index (χ4n) is 5.17. The van der Waals surface area contributed by atoms with Gasteiger partial charge in [0.15, 0.2) is 0 Å². The van der Waals surface area contributed by atoms with E-state index in [4.69, 9.17) is 0 Å². The molecule has 2 aliphatic rings. The van der Waals surface area contributed by atoms with Gasteiger partial charge >= 0.3 is 0 Å². The molecule has 1 aromatic heterocycles. The zero-order valence-electron chi connectivity index (χ0n) is 16.6. The molecule has 1 aliphatic carbocycles. The predicted octanol–water partition coefficient (Wildman–Crippen LogP) is 4.36. The summed E-state index contributed by atoms with van der Waals surface area (Å²) >= 11 is 0. The van der Waals surface area contributed by atoms with Crippen molar-refractivity contribution in [2.75, 3.05) is 20.1 Å². The summed E-state index contributed by atoms with van der Waals surface area (Å²) in [6, 6.07) is 9.42. The minimum absolute atomic E-state index is 0.325. The molecule has 1 amide bonds. The van der Waals surface area contributed by atoms with Gasteiger partial charge in [0.2, 0.25) is 5.91 Å². The lowest BCUT2D eigenvalue weighted by Crippen LogP contribution is -2.53. The molecule has 4 rings (SSSR count). The molecule has 2 aromatic rings. The lowest BCUT2D eigenvalue weighted by molar-refractivity contribution is -0.134. The van der Waals surface area contributed by atoms with E-state index in [1.54, 1.807) is 0 Å². The molecule has 1 saturated heterocycles. The van der Waals surface area contributed by atoms with Crippen LogP contribution in [0.4, 0.5) is 0 Å². The third kappa shape index (κ3) is 4.06. The van der Waals surface area contributed by atoms with Crippen LogP contribution in [0.15, 0.2) is 30.5 Å². The molecule has 0 spiro atoms. The van der Waals surface area contributed by atoms with E-state index in [9.17, 15) is 4.79 Å². The van der Waals surface area contributed by atoms with Crippen molar-refractivity contribution in [2.24, 2.45) is 0 Å². The van der Waals surface area contributed by atoms with Gasteiger partial charge in [-0.3, -0.25) is 9.69 Å². The number of fused-ring (bicyclic) bond motifs is 1. The van der Waals surface area contributed by atoms with Gasteiger partial charge in [-0.2, -0.15) is 0 Å². The van der Waals surface area contributed by atoms with E-state index in [1.807, 2.05) is 7.05 Å². The van der Waals surface area contributed by atoms with Crippen molar-refractivity contribution in [3.8, 4) is 0 Å². The summed E-state index contributed by atoms with van der Waals surface area (Å²) in [6.07, 6.45) is 12.3. The summed E-state index contributed by atoms with van der Waals surface area (Å²) in [5.41, 5.74) is 2.51. The Labute approximate surface area is 162 Å². The summed E-state index contributed by atoms with van der Waals surface area (Å²) < 4.78 is 0. The Morgan fingerprint density at radius 1 is 1.15 bits per heavy atom. The van der Waals surface area contributed by atoms with Crippen LogP contribution >= 0.6 is 0 Å². The number of likely N-dealkylation sites (N-methyl/N-ethyl adjacent to an activating group) is 1. The van der Waals surface area contributed by atoms with Crippen LogP contribution in [0.2, 0.25) is 0 Å². The molecule has 146 valence electrons. The van der Waals surface area contributed by atoms with Crippen LogP contribution < -0.4 is 0 Å². The molecule has 4 nitrogen and oxygen atoms in total. The van der Waals surface area contributed by atoms with Crippen molar-refractivity contribution >= 4 is 16.8 Å². The van der Waals surface area contributed by atoms with Crippen LogP contribution in [0.1, 0.15) is 56.9 Å². The Kier molecular flexibility index (Phi) is 5.82. The molecule has 1 aliphatic heterocycles. The van der Waals surface area contributed by atoms with Crippen LogP contribution in [0.25, 0.3) is 10.9 Å². The molecule has 4 heteroatoms. The van der Waals surface area contributed by atoms with Crippen molar-refractivity contribution in [3.05, 3.63) is 36.0 Å². The van der Waals surface area contributed by atoms with Gasteiger partial charge in [-0.25, -0.2) is 0 Å². The van der Waals surface area contributed by atoms with Crippen molar-refractivity contribution < 1.29 is 4.79 Å². The molecule has 0 bridgehead atoms. The number of aromatic amines is 1. The van der Waals surface area contributed by atoms with Gasteiger partial charge in [-0.05, 0) is 63.2 Å². The number of carbonyl (C=O) groups is 1. The minimum Gasteiger partial charge on any atom is -0.361 e. The first-order chi connectivity index (χ1) is 13.2. The van der Waals surface area contributed by atoms with E-state index < -0.39 is 0 Å². The highest BCUT2D eigenvalue weighted by Gasteiger charge is 2.35. The molecule has 1 N–H and O–H groups in total. The second-order valence-electron chi connectivity index (χ2n) is 8.38. The van der Waals surface area contributed by atoms with Crippen LogP contribution in [0.3, 0.4) is 0 Å². The molecule has 2 unspecified atom stereocenters. The summed E-state index contributed by atoms with van der Waals surface area (Å²) in [4.78, 5) is 21.0. The molecule has 2 atom stereocenters. The van der Waals surface area contributed by atoms with Gasteiger partial charge in [0, 0.05) is 42.7 Å². The average molecular weight is 368 g/mol. The molecule has 27 heavy (non-hydrogen) atoms. The Morgan fingerprint density at radius 2 is 1.93 bits per heavy atom. The molecule has 2 heterocycles. The third-order valence-electron chi connectivity index (χ3n) is 6.71. The number of likely N-dealkylation sites (tertiary alicyclic amines) is 1. The highest BCUT2D eigenvalue weighted by Crippen LogP contribution is 2.29. The van der Waals surface area contributed by atoms with Crippen LogP contribution in [-0.4, -0.2) is 52.9 Å². The molecule has 2 fully saturated rings. The fraction of sp³-hybridized carbons (Fsp3) is 0.609. The van der Waals surface area contributed by atoms with Gasteiger partial charge in [-0.15, -0.1) is 0 Å². The van der Waals surface area contributed by atoms with Gasteiger partial charge in [0.05, 0.1) is 0 Å². The molecular weight excluding hydrogens is 334 g/mol. The van der Waals surface area contributed by atoms with Gasteiger partial charge in [0.25, 0.3) is 0 Å².